The Morgan fingerprint density at radius 3 is 2.62 bits per heavy atom. The van der Waals surface area contributed by atoms with Gasteiger partial charge in [0.05, 0.1) is 43.1 Å². The van der Waals surface area contributed by atoms with Crippen molar-refractivity contribution in [3.8, 4) is 0 Å². The highest BCUT2D eigenvalue weighted by Crippen LogP contribution is 2.45. The van der Waals surface area contributed by atoms with E-state index in [2.05, 4.69) is 49.6 Å². The third-order valence-electron chi connectivity index (χ3n) is 10.6. The summed E-state index contributed by atoms with van der Waals surface area (Å²) in [7, 11) is 0. The van der Waals surface area contributed by atoms with Gasteiger partial charge in [-0.1, -0.05) is 31.0 Å². The van der Waals surface area contributed by atoms with E-state index in [4.69, 9.17) is 9.47 Å². The Labute approximate surface area is 249 Å². The lowest BCUT2D eigenvalue weighted by molar-refractivity contribution is -0.188. The molecule has 0 bridgehead atoms. The number of hydrogen-bond donors (Lipinski definition) is 2. The van der Waals surface area contributed by atoms with Gasteiger partial charge in [0.25, 0.3) is 5.91 Å². The Hall–Kier alpha value is -2.46. The fourth-order valence-electron chi connectivity index (χ4n) is 8.43. The highest BCUT2D eigenvalue weighted by molar-refractivity contribution is 6.20. The van der Waals surface area contributed by atoms with E-state index in [1.807, 2.05) is 6.20 Å². The highest BCUT2D eigenvalue weighted by Gasteiger charge is 2.55. The second-order valence-corrected chi connectivity index (χ2v) is 13.0. The van der Waals surface area contributed by atoms with Crippen molar-refractivity contribution in [1.82, 2.24) is 20.4 Å². The molecule has 1 aromatic rings. The van der Waals surface area contributed by atoms with E-state index in [9.17, 15) is 9.59 Å². The summed E-state index contributed by atoms with van der Waals surface area (Å²) in [6, 6.07) is 9.05. The monoisotopic (exact) mass is 577 g/mol. The Morgan fingerprint density at radius 2 is 1.76 bits per heavy atom. The fraction of sp³-hybridized carbons (Fsp3) is 0.697. The normalized spacial score (nSPS) is 33.1. The molecule has 9 nitrogen and oxygen atoms in total. The van der Waals surface area contributed by atoms with Crippen molar-refractivity contribution in [3.63, 3.8) is 0 Å². The first kappa shape index (κ1) is 28.3. The molecule has 42 heavy (non-hydrogen) atoms. The maximum atomic E-state index is 13.9. The molecule has 228 valence electrons. The number of Topliss-reactive ketones (excluding diaryl/α,β-unsaturated/α-hetero) is 1. The van der Waals surface area contributed by atoms with Crippen molar-refractivity contribution >= 4 is 17.4 Å². The van der Waals surface area contributed by atoms with Crippen LogP contribution < -0.4 is 15.5 Å². The van der Waals surface area contributed by atoms with Gasteiger partial charge in [0.2, 0.25) is 0 Å². The lowest BCUT2D eigenvalue weighted by Crippen LogP contribution is -2.70. The van der Waals surface area contributed by atoms with Gasteiger partial charge in [-0.05, 0) is 63.2 Å². The third-order valence-corrected chi connectivity index (χ3v) is 10.6. The number of nitrogens with zero attached hydrogens (tertiary/aromatic N) is 3. The number of carbonyl (C=O) groups excluding carboxylic acids is 2. The first-order valence-corrected chi connectivity index (χ1v) is 16.5. The van der Waals surface area contributed by atoms with Crippen LogP contribution in [-0.2, 0) is 25.6 Å². The van der Waals surface area contributed by atoms with Crippen molar-refractivity contribution in [2.45, 2.75) is 88.2 Å². The van der Waals surface area contributed by atoms with Crippen LogP contribution in [0.1, 0.15) is 56.9 Å². The third kappa shape index (κ3) is 5.61. The maximum absolute atomic E-state index is 13.9. The van der Waals surface area contributed by atoms with Crippen LogP contribution in [0.5, 0.6) is 0 Å². The molecule has 2 aliphatic carbocycles. The lowest BCUT2D eigenvalue weighted by atomic mass is 9.70. The van der Waals surface area contributed by atoms with Crippen molar-refractivity contribution in [3.05, 3.63) is 41.6 Å². The Kier molecular flexibility index (Phi) is 8.53. The van der Waals surface area contributed by atoms with E-state index >= 15 is 0 Å². The van der Waals surface area contributed by atoms with Crippen LogP contribution >= 0.6 is 0 Å². The molecule has 1 aromatic carbocycles. The van der Waals surface area contributed by atoms with Gasteiger partial charge in [-0.3, -0.25) is 9.59 Å². The molecule has 4 aliphatic heterocycles. The van der Waals surface area contributed by atoms with Gasteiger partial charge in [0, 0.05) is 56.6 Å². The number of morpholine rings is 2. The van der Waals surface area contributed by atoms with Crippen molar-refractivity contribution in [2.24, 2.45) is 5.92 Å². The molecule has 6 atom stereocenters. The van der Waals surface area contributed by atoms with Crippen LogP contribution in [0, 0.1) is 5.92 Å². The zero-order valence-electron chi connectivity index (χ0n) is 24.8. The molecule has 4 heterocycles. The summed E-state index contributed by atoms with van der Waals surface area (Å²) in [5.74, 6) is -0.386. The SMILES string of the molecule is O=C(NCCN1CCCC1)C1=CN2C3CCCCC3OC3C(NCc4ccccc4N4CCOCC4)CCC(C1=O)C32. The molecule has 1 amide bonds. The number of ether oxygens (including phenoxy) is 2. The highest BCUT2D eigenvalue weighted by atomic mass is 16.5. The van der Waals surface area contributed by atoms with Crippen molar-refractivity contribution in [2.75, 3.05) is 57.4 Å². The predicted octanol–water partition coefficient (Wildman–Crippen LogP) is 2.45. The second-order valence-electron chi connectivity index (χ2n) is 13.0. The van der Waals surface area contributed by atoms with E-state index in [0.717, 1.165) is 78.2 Å². The standard InChI is InChI=1S/C33H47N5O4/c39-31-24-11-12-26(35-21-23-7-1-2-8-27(23)37-17-19-41-20-18-37)32-30(24)38(28-9-3-4-10-29(28)42-32)22-25(31)33(40)34-13-16-36-14-5-6-15-36/h1-2,7-8,22,24,26,28-30,32,35H,3-6,9-21H2,(H,34,40). The number of hydrogen-bond acceptors (Lipinski definition) is 8. The average Bonchev–Trinajstić information content (AvgIpc) is 3.56. The van der Waals surface area contributed by atoms with Gasteiger partial charge >= 0.3 is 0 Å². The molecule has 2 N–H and O–H groups in total. The summed E-state index contributed by atoms with van der Waals surface area (Å²) < 4.78 is 12.5. The molecule has 0 spiro atoms. The van der Waals surface area contributed by atoms with E-state index in [-0.39, 0.29) is 47.9 Å². The molecule has 6 unspecified atom stereocenters. The topological polar surface area (TPSA) is 86.4 Å². The number of benzene rings is 1. The van der Waals surface area contributed by atoms with E-state index in [0.29, 0.717) is 12.1 Å². The molecule has 2 saturated carbocycles. The largest absolute Gasteiger partial charge is 0.378 e. The number of nitrogens with one attached hydrogen (secondary N) is 2. The Balaban J connectivity index is 1.08. The van der Waals surface area contributed by atoms with Crippen LogP contribution in [0.4, 0.5) is 5.69 Å². The van der Waals surface area contributed by atoms with Crippen LogP contribution in [0.2, 0.25) is 0 Å². The summed E-state index contributed by atoms with van der Waals surface area (Å²) in [6.45, 7) is 7.77. The molecule has 6 aliphatic rings. The lowest BCUT2D eigenvalue weighted by Gasteiger charge is -2.58. The first-order chi connectivity index (χ1) is 20.7. The van der Waals surface area contributed by atoms with Crippen LogP contribution in [0.25, 0.3) is 0 Å². The van der Waals surface area contributed by atoms with E-state index in [1.165, 1.54) is 36.9 Å². The smallest absolute Gasteiger partial charge is 0.256 e. The molecule has 0 aromatic heterocycles. The molecular formula is C33H47N5O4. The van der Waals surface area contributed by atoms with E-state index < -0.39 is 0 Å². The Morgan fingerprint density at radius 1 is 0.952 bits per heavy atom. The summed E-state index contributed by atoms with van der Waals surface area (Å²) in [5.41, 5.74) is 2.92. The van der Waals surface area contributed by atoms with Crippen LogP contribution in [0.15, 0.2) is 36.0 Å². The minimum atomic E-state index is -0.201. The zero-order valence-corrected chi connectivity index (χ0v) is 24.8. The number of likely N-dealkylation sites (tertiary alicyclic amines) is 1. The number of amides is 1. The number of para-hydroxylation sites is 1. The second kappa shape index (κ2) is 12.6. The minimum Gasteiger partial charge on any atom is -0.378 e. The fourth-order valence-corrected chi connectivity index (χ4v) is 8.43. The number of rotatable bonds is 8. The molecule has 7 rings (SSSR count). The van der Waals surface area contributed by atoms with Gasteiger partial charge in [0.1, 0.15) is 0 Å². The molecule has 3 saturated heterocycles. The van der Waals surface area contributed by atoms with Crippen molar-refractivity contribution < 1.29 is 19.1 Å². The van der Waals surface area contributed by atoms with Gasteiger partial charge < -0.3 is 34.8 Å². The summed E-state index contributed by atoms with van der Waals surface area (Å²) >= 11 is 0. The maximum Gasteiger partial charge on any atom is 0.256 e. The average molecular weight is 578 g/mol. The van der Waals surface area contributed by atoms with Gasteiger partial charge in [0.15, 0.2) is 5.78 Å². The Bertz CT molecular complexity index is 1160. The summed E-state index contributed by atoms with van der Waals surface area (Å²) in [4.78, 5) is 34.4. The number of fused-ring (bicyclic) bond motifs is 2. The van der Waals surface area contributed by atoms with Gasteiger partial charge in [-0.2, -0.15) is 0 Å². The number of carbonyl (C=O) groups is 2. The molecule has 0 radical (unpaired) electrons. The number of ketones is 1. The first-order valence-electron chi connectivity index (χ1n) is 16.5. The van der Waals surface area contributed by atoms with Crippen LogP contribution in [-0.4, -0.2) is 104 Å². The predicted molar refractivity (Wildman–Crippen MR) is 161 cm³/mol. The molecule has 5 fully saturated rings. The van der Waals surface area contributed by atoms with Crippen LogP contribution in [0.3, 0.4) is 0 Å². The molecule has 9 heteroatoms. The zero-order chi connectivity index (χ0) is 28.5. The molecular weight excluding hydrogens is 530 g/mol. The van der Waals surface area contributed by atoms with Crippen molar-refractivity contribution in [1.29, 1.82) is 0 Å². The summed E-state index contributed by atoms with van der Waals surface area (Å²) in [5, 5.41) is 6.96. The minimum absolute atomic E-state index is 0.00824. The van der Waals surface area contributed by atoms with E-state index in [1.54, 1.807) is 0 Å². The number of anilines is 1. The summed E-state index contributed by atoms with van der Waals surface area (Å²) in [6.07, 6.45) is 10.6. The van der Waals surface area contributed by atoms with Gasteiger partial charge in [-0.25, -0.2) is 0 Å². The quantitative estimate of drug-likeness (QED) is 0.456. The van der Waals surface area contributed by atoms with Gasteiger partial charge in [-0.15, -0.1) is 0 Å².